The lowest BCUT2D eigenvalue weighted by Crippen LogP contribution is -2.29. The third-order valence-corrected chi connectivity index (χ3v) is 6.14. The van der Waals surface area contributed by atoms with Crippen LogP contribution in [-0.4, -0.2) is 50.3 Å². The lowest BCUT2D eigenvalue weighted by Gasteiger charge is -2.28. The van der Waals surface area contributed by atoms with Gasteiger partial charge in [-0.2, -0.15) is 5.10 Å². The van der Waals surface area contributed by atoms with Crippen molar-refractivity contribution in [2.75, 3.05) is 25.1 Å². The Morgan fingerprint density at radius 3 is 2.78 bits per heavy atom. The average molecular weight is 425 g/mol. The van der Waals surface area contributed by atoms with Crippen molar-refractivity contribution in [1.29, 1.82) is 0 Å². The van der Waals surface area contributed by atoms with Crippen LogP contribution in [0.25, 0.3) is 44.7 Å². The molecule has 0 spiro atoms. The summed E-state index contributed by atoms with van der Waals surface area (Å²) in [6.07, 6.45) is 9.11. The van der Waals surface area contributed by atoms with Crippen molar-refractivity contribution >= 4 is 27.8 Å². The van der Waals surface area contributed by atoms with Crippen LogP contribution in [0.5, 0.6) is 5.75 Å². The van der Waals surface area contributed by atoms with Crippen molar-refractivity contribution in [3.8, 4) is 28.4 Å². The van der Waals surface area contributed by atoms with E-state index in [1.54, 1.807) is 13.3 Å². The van der Waals surface area contributed by atoms with Crippen LogP contribution >= 0.6 is 0 Å². The second kappa shape index (κ2) is 7.64. The van der Waals surface area contributed by atoms with Crippen LogP contribution < -0.4 is 9.64 Å². The summed E-state index contributed by atoms with van der Waals surface area (Å²) in [6, 6.07) is 10.2. The molecule has 1 aromatic carbocycles. The molecule has 8 nitrogen and oxygen atoms in total. The Morgan fingerprint density at radius 1 is 1.00 bits per heavy atom. The maximum absolute atomic E-state index is 5.33. The van der Waals surface area contributed by atoms with Crippen LogP contribution in [0.3, 0.4) is 0 Å². The van der Waals surface area contributed by atoms with Crippen molar-refractivity contribution < 1.29 is 4.74 Å². The SMILES string of the molecule is COc1cncc(-c2ccc3[nH]nc(-c4nc5nccc(N6CCCCC6)c5[nH]4)c3c2)c1. The van der Waals surface area contributed by atoms with Crippen molar-refractivity contribution in [2.24, 2.45) is 0 Å². The molecule has 0 amide bonds. The average Bonchev–Trinajstić information content (AvgIpc) is 3.48. The number of rotatable bonds is 4. The number of hydrogen-bond donors (Lipinski definition) is 2. The van der Waals surface area contributed by atoms with E-state index in [9.17, 15) is 0 Å². The molecular weight excluding hydrogens is 402 g/mol. The normalized spacial score (nSPS) is 14.3. The van der Waals surface area contributed by atoms with E-state index in [0.29, 0.717) is 11.5 Å². The molecule has 0 unspecified atom stereocenters. The highest BCUT2D eigenvalue weighted by Crippen LogP contribution is 2.33. The highest BCUT2D eigenvalue weighted by molar-refractivity contribution is 5.96. The standard InChI is InChI=1S/C24H23N7O/c1-32-17-11-16(13-25-14-17)15-5-6-19-18(12-15)21(30-29-19)24-27-22-20(7-8-26-23(22)28-24)31-9-3-2-4-10-31/h5-8,11-14H,2-4,9-10H2,1H3,(H,29,30)(H,26,27,28). The van der Waals surface area contributed by atoms with Gasteiger partial charge in [-0.05, 0) is 49.1 Å². The monoisotopic (exact) mass is 425 g/mol. The molecule has 32 heavy (non-hydrogen) atoms. The van der Waals surface area contributed by atoms with Crippen molar-refractivity contribution in [2.45, 2.75) is 19.3 Å². The Hall–Kier alpha value is -3.94. The molecule has 0 aliphatic carbocycles. The van der Waals surface area contributed by atoms with Crippen molar-refractivity contribution in [3.05, 3.63) is 48.9 Å². The number of benzene rings is 1. The zero-order valence-corrected chi connectivity index (χ0v) is 17.8. The Bertz CT molecular complexity index is 1410. The van der Waals surface area contributed by atoms with E-state index in [2.05, 4.69) is 48.2 Å². The highest BCUT2D eigenvalue weighted by Gasteiger charge is 2.19. The summed E-state index contributed by atoms with van der Waals surface area (Å²) in [6.45, 7) is 2.13. The number of imidazole rings is 1. The molecule has 1 saturated heterocycles. The first-order chi connectivity index (χ1) is 15.8. The van der Waals surface area contributed by atoms with Gasteiger partial charge in [-0.3, -0.25) is 10.1 Å². The van der Waals surface area contributed by atoms with E-state index in [-0.39, 0.29) is 0 Å². The minimum Gasteiger partial charge on any atom is -0.495 e. The topological polar surface area (TPSA) is 95.6 Å². The minimum absolute atomic E-state index is 0.712. The molecule has 4 aromatic heterocycles. The van der Waals surface area contributed by atoms with Crippen LogP contribution in [-0.2, 0) is 0 Å². The molecule has 1 aliphatic rings. The van der Waals surface area contributed by atoms with Crippen molar-refractivity contribution in [3.63, 3.8) is 0 Å². The fraction of sp³-hybridized carbons (Fsp3) is 0.250. The number of nitrogens with one attached hydrogen (secondary N) is 2. The Labute approximate surface area is 184 Å². The van der Waals surface area contributed by atoms with Gasteiger partial charge in [-0.15, -0.1) is 0 Å². The van der Waals surface area contributed by atoms with Gasteiger partial charge in [-0.1, -0.05) is 6.07 Å². The number of piperidine rings is 1. The van der Waals surface area contributed by atoms with Gasteiger partial charge in [0.15, 0.2) is 11.5 Å². The Balaban J connectivity index is 1.45. The minimum atomic E-state index is 0.712. The number of pyridine rings is 2. The summed E-state index contributed by atoms with van der Waals surface area (Å²) in [5.41, 5.74) is 6.59. The predicted molar refractivity (Wildman–Crippen MR) is 125 cm³/mol. The number of hydrogen-bond acceptors (Lipinski definition) is 6. The van der Waals surface area contributed by atoms with Gasteiger partial charge >= 0.3 is 0 Å². The van der Waals surface area contributed by atoms with E-state index in [4.69, 9.17) is 9.72 Å². The number of fused-ring (bicyclic) bond motifs is 2. The van der Waals surface area contributed by atoms with Gasteiger partial charge in [0, 0.05) is 36.4 Å². The molecule has 0 bridgehead atoms. The number of aromatic amines is 2. The molecule has 160 valence electrons. The molecule has 5 heterocycles. The molecule has 2 N–H and O–H groups in total. The predicted octanol–water partition coefficient (Wildman–Crippen LogP) is 4.56. The fourth-order valence-corrected chi connectivity index (χ4v) is 4.47. The fourth-order valence-electron chi connectivity index (χ4n) is 4.47. The molecular formula is C24H23N7O. The van der Waals surface area contributed by atoms with E-state index in [0.717, 1.165) is 57.8 Å². The quantitative estimate of drug-likeness (QED) is 0.438. The highest BCUT2D eigenvalue weighted by atomic mass is 16.5. The summed E-state index contributed by atoms with van der Waals surface area (Å²) in [5, 5.41) is 8.69. The summed E-state index contributed by atoms with van der Waals surface area (Å²) in [5.74, 6) is 1.44. The van der Waals surface area contributed by atoms with Gasteiger partial charge in [0.05, 0.1) is 24.5 Å². The number of H-pyrrole nitrogens is 2. The number of aromatic nitrogens is 6. The Kier molecular flexibility index (Phi) is 4.49. The summed E-state index contributed by atoms with van der Waals surface area (Å²) in [4.78, 5) is 19.5. The third-order valence-electron chi connectivity index (χ3n) is 6.14. The molecule has 6 rings (SSSR count). The number of ether oxygens (including phenoxy) is 1. The zero-order valence-electron chi connectivity index (χ0n) is 17.8. The lowest BCUT2D eigenvalue weighted by atomic mass is 10.0. The third kappa shape index (κ3) is 3.15. The Morgan fingerprint density at radius 2 is 1.91 bits per heavy atom. The van der Waals surface area contributed by atoms with Crippen LogP contribution in [0.1, 0.15) is 19.3 Å². The molecule has 0 atom stereocenters. The maximum atomic E-state index is 5.33. The van der Waals surface area contributed by atoms with Crippen molar-refractivity contribution in [1.82, 2.24) is 30.1 Å². The van der Waals surface area contributed by atoms with Gasteiger partial charge in [-0.25, -0.2) is 9.97 Å². The second-order valence-corrected chi connectivity index (χ2v) is 8.11. The number of anilines is 1. The number of nitrogens with zero attached hydrogens (tertiary/aromatic N) is 5. The van der Waals surface area contributed by atoms with Gasteiger partial charge in [0.2, 0.25) is 0 Å². The largest absolute Gasteiger partial charge is 0.495 e. The first-order valence-corrected chi connectivity index (χ1v) is 10.9. The molecule has 0 saturated carbocycles. The summed E-state index contributed by atoms with van der Waals surface area (Å²) >= 11 is 0. The van der Waals surface area contributed by atoms with E-state index in [1.807, 2.05) is 24.5 Å². The molecule has 5 aromatic rings. The molecule has 0 radical (unpaired) electrons. The van der Waals surface area contributed by atoms with Crippen LogP contribution in [0.15, 0.2) is 48.9 Å². The van der Waals surface area contributed by atoms with E-state index in [1.165, 1.54) is 19.3 Å². The van der Waals surface area contributed by atoms with E-state index >= 15 is 0 Å². The second-order valence-electron chi connectivity index (χ2n) is 8.11. The molecule has 1 fully saturated rings. The van der Waals surface area contributed by atoms with Crippen LogP contribution in [0.4, 0.5) is 5.69 Å². The van der Waals surface area contributed by atoms with Crippen LogP contribution in [0, 0.1) is 0 Å². The zero-order chi connectivity index (χ0) is 21.5. The van der Waals surface area contributed by atoms with Gasteiger partial charge < -0.3 is 14.6 Å². The first-order valence-electron chi connectivity index (χ1n) is 10.9. The summed E-state index contributed by atoms with van der Waals surface area (Å²) in [7, 11) is 1.64. The van der Waals surface area contributed by atoms with Gasteiger partial charge in [0.1, 0.15) is 17.0 Å². The van der Waals surface area contributed by atoms with E-state index < -0.39 is 0 Å². The smallest absolute Gasteiger partial charge is 0.180 e. The lowest BCUT2D eigenvalue weighted by molar-refractivity contribution is 0.413. The van der Waals surface area contributed by atoms with Gasteiger partial charge in [0.25, 0.3) is 0 Å². The summed E-state index contributed by atoms with van der Waals surface area (Å²) < 4.78 is 5.33. The number of methoxy groups -OCH3 is 1. The maximum Gasteiger partial charge on any atom is 0.180 e. The first kappa shape index (κ1) is 18.8. The molecule has 8 heteroatoms. The van der Waals surface area contributed by atoms with Crippen LogP contribution in [0.2, 0.25) is 0 Å². The molecule has 1 aliphatic heterocycles.